The van der Waals surface area contributed by atoms with Gasteiger partial charge in [-0.1, -0.05) is 55.0 Å². The minimum atomic E-state index is 0.00971. The zero-order valence-corrected chi connectivity index (χ0v) is 15.6. The lowest BCUT2D eigenvalue weighted by molar-refractivity contribution is 0.0933. The Kier molecular flexibility index (Phi) is 7.26. The van der Waals surface area contributed by atoms with Crippen LogP contribution in [0.4, 0.5) is 0 Å². The van der Waals surface area contributed by atoms with Crippen LogP contribution >= 0.6 is 0 Å². The number of benzene rings is 2. The van der Waals surface area contributed by atoms with E-state index >= 15 is 0 Å². The molecule has 1 aliphatic heterocycles. The maximum absolute atomic E-state index is 12.6. The Labute approximate surface area is 157 Å². The summed E-state index contributed by atoms with van der Waals surface area (Å²) in [6.07, 6.45) is 7.39. The smallest absolute Gasteiger partial charge is 0.251 e. The zero-order chi connectivity index (χ0) is 18.0. The highest BCUT2D eigenvalue weighted by atomic mass is 16.1. The maximum Gasteiger partial charge on any atom is 0.251 e. The van der Waals surface area contributed by atoms with Gasteiger partial charge in [0.05, 0.1) is 6.04 Å². The van der Waals surface area contributed by atoms with Gasteiger partial charge in [0, 0.05) is 5.56 Å². The van der Waals surface area contributed by atoms with Crippen LogP contribution in [0.2, 0.25) is 0 Å². The Balaban J connectivity index is 1.54. The molecule has 1 amide bonds. The fourth-order valence-corrected chi connectivity index (χ4v) is 3.71. The molecule has 1 N–H and O–H groups in total. The lowest BCUT2D eigenvalue weighted by Crippen LogP contribution is -2.31. The van der Waals surface area contributed by atoms with Gasteiger partial charge in [-0.2, -0.15) is 0 Å². The molecule has 1 fully saturated rings. The van der Waals surface area contributed by atoms with E-state index < -0.39 is 0 Å². The van der Waals surface area contributed by atoms with Crippen molar-refractivity contribution in [3.63, 3.8) is 0 Å². The largest absolute Gasteiger partial charge is 0.345 e. The number of rotatable bonds is 8. The zero-order valence-electron chi connectivity index (χ0n) is 15.6. The molecule has 0 aliphatic carbocycles. The highest BCUT2D eigenvalue weighted by Crippen LogP contribution is 2.20. The summed E-state index contributed by atoms with van der Waals surface area (Å²) in [6.45, 7) is 3.70. The first-order valence-electron chi connectivity index (χ1n) is 9.96. The number of hydrogen-bond acceptors (Lipinski definition) is 2. The molecule has 3 heteroatoms. The van der Waals surface area contributed by atoms with E-state index in [9.17, 15) is 4.79 Å². The quantitative estimate of drug-likeness (QED) is 0.693. The Bertz CT molecular complexity index is 650. The van der Waals surface area contributed by atoms with Crippen molar-refractivity contribution in [1.82, 2.24) is 10.2 Å². The summed E-state index contributed by atoms with van der Waals surface area (Å²) in [6, 6.07) is 19.9. The molecule has 1 saturated heterocycles. The highest BCUT2D eigenvalue weighted by molar-refractivity contribution is 5.94. The standard InChI is InChI=1S/C23H30N2O/c26-23(21-14-6-2-7-15-21)24-22(20-12-4-1-5-13-20)16-8-11-19-25-17-9-3-10-18-25/h1-2,4-7,12-15,22H,3,8-11,16-19H2,(H,24,26)/t22-/m1/s1. The maximum atomic E-state index is 12.6. The molecule has 2 aromatic rings. The summed E-state index contributed by atoms with van der Waals surface area (Å²) in [5.41, 5.74) is 1.91. The molecule has 3 nitrogen and oxygen atoms in total. The Morgan fingerprint density at radius 1 is 0.885 bits per heavy atom. The van der Waals surface area contributed by atoms with Crippen molar-refractivity contribution in [3.8, 4) is 0 Å². The highest BCUT2D eigenvalue weighted by Gasteiger charge is 2.16. The van der Waals surface area contributed by atoms with E-state index in [1.807, 2.05) is 48.5 Å². The SMILES string of the molecule is O=C(N[C@H](CCCCN1CCCCC1)c1ccccc1)c1ccccc1. The molecule has 1 aliphatic rings. The molecular formula is C23H30N2O. The van der Waals surface area contributed by atoms with Gasteiger partial charge >= 0.3 is 0 Å². The van der Waals surface area contributed by atoms with E-state index in [-0.39, 0.29) is 11.9 Å². The summed E-state index contributed by atoms with van der Waals surface area (Å²) in [5.74, 6) is 0.00971. The Hall–Kier alpha value is -2.13. The van der Waals surface area contributed by atoms with Gasteiger partial charge in [0.15, 0.2) is 0 Å². The molecule has 26 heavy (non-hydrogen) atoms. The van der Waals surface area contributed by atoms with Crippen molar-refractivity contribution < 1.29 is 4.79 Å². The summed E-state index contributed by atoms with van der Waals surface area (Å²) in [7, 11) is 0. The first-order chi connectivity index (χ1) is 12.8. The minimum Gasteiger partial charge on any atom is -0.345 e. The third-order valence-corrected chi connectivity index (χ3v) is 5.21. The predicted molar refractivity (Wildman–Crippen MR) is 107 cm³/mol. The van der Waals surface area contributed by atoms with Crippen LogP contribution in [0.3, 0.4) is 0 Å². The average Bonchev–Trinajstić information content (AvgIpc) is 2.72. The molecule has 0 radical (unpaired) electrons. The second kappa shape index (κ2) is 10.1. The van der Waals surface area contributed by atoms with E-state index in [0.29, 0.717) is 0 Å². The van der Waals surface area contributed by atoms with Crippen molar-refractivity contribution in [2.24, 2.45) is 0 Å². The second-order valence-corrected chi connectivity index (χ2v) is 7.20. The molecule has 1 atom stereocenters. The van der Waals surface area contributed by atoms with Crippen molar-refractivity contribution in [2.75, 3.05) is 19.6 Å². The molecule has 0 unspecified atom stereocenters. The van der Waals surface area contributed by atoms with E-state index in [1.165, 1.54) is 50.9 Å². The molecule has 0 aromatic heterocycles. The monoisotopic (exact) mass is 350 g/mol. The molecule has 0 spiro atoms. The lowest BCUT2D eigenvalue weighted by atomic mass is 10.00. The van der Waals surface area contributed by atoms with Gasteiger partial charge < -0.3 is 10.2 Å². The number of nitrogens with zero attached hydrogens (tertiary/aromatic N) is 1. The van der Waals surface area contributed by atoms with Crippen LogP contribution in [0.1, 0.15) is 60.5 Å². The average molecular weight is 351 g/mol. The number of piperidine rings is 1. The fourth-order valence-electron chi connectivity index (χ4n) is 3.71. The number of likely N-dealkylation sites (tertiary alicyclic amines) is 1. The first-order valence-corrected chi connectivity index (χ1v) is 9.96. The number of carbonyl (C=O) groups is 1. The molecule has 3 rings (SSSR count). The van der Waals surface area contributed by atoms with Crippen LogP contribution in [0.5, 0.6) is 0 Å². The molecule has 1 heterocycles. The topological polar surface area (TPSA) is 32.3 Å². The molecule has 0 bridgehead atoms. The van der Waals surface area contributed by atoms with E-state index in [0.717, 1.165) is 18.4 Å². The predicted octanol–water partition coefficient (Wildman–Crippen LogP) is 4.81. The van der Waals surface area contributed by atoms with Crippen molar-refractivity contribution in [3.05, 3.63) is 71.8 Å². The van der Waals surface area contributed by atoms with Gasteiger partial charge in [-0.25, -0.2) is 0 Å². The third kappa shape index (κ3) is 5.70. The molecule has 0 saturated carbocycles. The summed E-state index contributed by atoms with van der Waals surface area (Å²) >= 11 is 0. The van der Waals surface area contributed by atoms with Crippen molar-refractivity contribution >= 4 is 5.91 Å². The Morgan fingerprint density at radius 3 is 2.23 bits per heavy atom. The van der Waals surface area contributed by atoms with Gasteiger partial charge in [-0.15, -0.1) is 0 Å². The lowest BCUT2D eigenvalue weighted by Gasteiger charge is -2.26. The Morgan fingerprint density at radius 2 is 1.54 bits per heavy atom. The van der Waals surface area contributed by atoms with Gasteiger partial charge in [-0.3, -0.25) is 4.79 Å². The summed E-state index contributed by atoms with van der Waals surface area (Å²) in [5, 5.41) is 3.24. The number of amides is 1. The van der Waals surface area contributed by atoms with Crippen molar-refractivity contribution in [2.45, 2.75) is 44.6 Å². The molecular weight excluding hydrogens is 320 g/mol. The van der Waals surface area contributed by atoms with E-state index in [1.54, 1.807) is 0 Å². The fraction of sp³-hybridized carbons (Fsp3) is 0.435. The van der Waals surface area contributed by atoms with Gasteiger partial charge in [-0.05, 0) is 69.4 Å². The van der Waals surface area contributed by atoms with Crippen LogP contribution in [-0.2, 0) is 0 Å². The first kappa shape index (κ1) is 18.7. The number of hydrogen-bond donors (Lipinski definition) is 1. The normalized spacial score (nSPS) is 16.2. The van der Waals surface area contributed by atoms with Crippen LogP contribution in [0.25, 0.3) is 0 Å². The van der Waals surface area contributed by atoms with Crippen molar-refractivity contribution in [1.29, 1.82) is 0 Å². The number of unbranched alkanes of at least 4 members (excludes halogenated alkanes) is 1. The summed E-state index contributed by atoms with van der Waals surface area (Å²) in [4.78, 5) is 15.2. The van der Waals surface area contributed by atoms with Crippen LogP contribution in [0.15, 0.2) is 60.7 Å². The van der Waals surface area contributed by atoms with Gasteiger partial charge in [0.1, 0.15) is 0 Å². The minimum absolute atomic E-state index is 0.00971. The summed E-state index contributed by atoms with van der Waals surface area (Å²) < 4.78 is 0. The van der Waals surface area contributed by atoms with Gasteiger partial charge in [0.25, 0.3) is 5.91 Å². The van der Waals surface area contributed by atoms with Gasteiger partial charge in [0.2, 0.25) is 0 Å². The van der Waals surface area contributed by atoms with Crippen LogP contribution < -0.4 is 5.32 Å². The number of nitrogens with one attached hydrogen (secondary N) is 1. The molecule has 138 valence electrons. The number of carbonyl (C=O) groups excluding carboxylic acids is 1. The van der Waals surface area contributed by atoms with E-state index in [4.69, 9.17) is 0 Å². The second-order valence-electron chi connectivity index (χ2n) is 7.20. The third-order valence-electron chi connectivity index (χ3n) is 5.21. The van der Waals surface area contributed by atoms with Crippen LogP contribution in [0, 0.1) is 0 Å². The van der Waals surface area contributed by atoms with E-state index in [2.05, 4.69) is 22.3 Å². The van der Waals surface area contributed by atoms with Crippen LogP contribution in [-0.4, -0.2) is 30.4 Å². The molecule has 2 aromatic carbocycles.